The van der Waals surface area contributed by atoms with Gasteiger partial charge in [0.1, 0.15) is 6.04 Å². The number of halogens is 2. The predicted octanol–water partition coefficient (Wildman–Crippen LogP) is 5.00. The average Bonchev–Trinajstić information content (AvgIpc) is 2.62. The van der Waals surface area contributed by atoms with Gasteiger partial charge in [-0.25, -0.2) is 0 Å². The van der Waals surface area contributed by atoms with Gasteiger partial charge in [-0.1, -0.05) is 29.3 Å². The van der Waals surface area contributed by atoms with Crippen LogP contribution in [0.3, 0.4) is 0 Å². The highest BCUT2D eigenvalue weighted by molar-refractivity contribution is 6.35. The quantitative estimate of drug-likeness (QED) is 0.674. The third-order valence-corrected chi connectivity index (χ3v) is 4.85. The molecule has 0 unspecified atom stereocenters. The summed E-state index contributed by atoms with van der Waals surface area (Å²) in [5, 5.41) is 7.25. The number of methoxy groups -OCH3 is 2. The molecule has 0 saturated carbocycles. The summed E-state index contributed by atoms with van der Waals surface area (Å²) in [5.41, 5.74) is 2.55. The van der Waals surface area contributed by atoms with E-state index >= 15 is 0 Å². The Bertz CT molecular complexity index is 827. The van der Waals surface area contributed by atoms with Gasteiger partial charge in [-0.15, -0.1) is 0 Å². The number of carbonyl (C=O) groups excluding carboxylic acids is 1. The molecule has 2 aromatic rings. The molecule has 5 nitrogen and oxygen atoms in total. The molecule has 7 heteroatoms. The average molecular weight is 411 g/mol. The first-order chi connectivity index (χ1) is 12.8. The standard InChI is InChI=1S/C20H24Cl2N2O3/c1-11-8-18(26-4)19(27-5)10-17(11)23-13(3)20(25)24-12(2)15-7-6-14(21)9-16(15)22/h6-10,12-13,23H,1-5H3,(H,24,25)/t12-,13-/m0/s1. The van der Waals surface area contributed by atoms with E-state index in [2.05, 4.69) is 10.6 Å². The molecule has 2 atom stereocenters. The summed E-state index contributed by atoms with van der Waals surface area (Å²) in [5.74, 6) is 1.09. The second-order valence-corrected chi connectivity index (χ2v) is 7.13. The first-order valence-electron chi connectivity index (χ1n) is 8.51. The number of hydrogen-bond acceptors (Lipinski definition) is 4. The van der Waals surface area contributed by atoms with Crippen molar-refractivity contribution in [1.82, 2.24) is 5.32 Å². The number of aryl methyl sites for hydroxylation is 1. The van der Waals surface area contributed by atoms with E-state index in [4.69, 9.17) is 32.7 Å². The van der Waals surface area contributed by atoms with Gasteiger partial charge >= 0.3 is 0 Å². The molecule has 0 bridgehead atoms. The second-order valence-electron chi connectivity index (χ2n) is 6.28. The summed E-state index contributed by atoms with van der Waals surface area (Å²) in [6.45, 7) is 5.61. The third-order valence-electron chi connectivity index (χ3n) is 4.28. The summed E-state index contributed by atoms with van der Waals surface area (Å²) >= 11 is 12.2. The van der Waals surface area contributed by atoms with Crippen LogP contribution in [0, 0.1) is 6.92 Å². The van der Waals surface area contributed by atoms with Crippen molar-refractivity contribution in [1.29, 1.82) is 0 Å². The normalized spacial score (nSPS) is 12.9. The molecule has 2 aromatic carbocycles. The first-order valence-corrected chi connectivity index (χ1v) is 9.26. The van der Waals surface area contributed by atoms with Gasteiger partial charge < -0.3 is 20.1 Å². The van der Waals surface area contributed by atoms with E-state index in [1.54, 1.807) is 33.3 Å². The van der Waals surface area contributed by atoms with Gasteiger partial charge in [0, 0.05) is 21.8 Å². The molecule has 0 aliphatic carbocycles. The van der Waals surface area contributed by atoms with E-state index in [1.165, 1.54) is 0 Å². The molecule has 0 aliphatic rings. The lowest BCUT2D eigenvalue weighted by Crippen LogP contribution is -2.39. The monoisotopic (exact) mass is 410 g/mol. The van der Waals surface area contributed by atoms with Crippen LogP contribution in [-0.2, 0) is 4.79 Å². The van der Waals surface area contributed by atoms with Crippen molar-refractivity contribution in [2.75, 3.05) is 19.5 Å². The third kappa shape index (κ3) is 5.21. The Hall–Kier alpha value is -2.11. The smallest absolute Gasteiger partial charge is 0.242 e. The van der Waals surface area contributed by atoms with Gasteiger partial charge in [-0.05, 0) is 50.1 Å². The fourth-order valence-electron chi connectivity index (χ4n) is 2.70. The lowest BCUT2D eigenvalue weighted by atomic mass is 10.1. The lowest BCUT2D eigenvalue weighted by Gasteiger charge is -2.22. The van der Waals surface area contributed by atoms with E-state index in [1.807, 2.05) is 32.0 Å². The fourth-order valence-corrected chi connectivity index (χ4v) is 3.28. The lowest BCUT2D eigenvalue weighted by molar-refractivity contribution is -0.122. The molecule has 0 radical (unpaired) electrons. The minimum absolute atomic E-state index is 0.150. The zero-order valence-corrected chi connectivity index (χ0v) is 17.5. The summed E-state index contributed by atoms with van der Waals surface area (Å²) in [6.07, 6.45) is 0. The van der Waals surface area contributed by atoms with Crippen LogP contribution in [0.4, 0.5) is 5.69 Å². The number of nitrogens with one attached hydrogen (secondary N) is 2. The molecule has 146 valence electrons. The van der Waals surface area contributed by atoms with Crippen LogP contribution in [0.2, 0.25) is 10.0 Å². The molecule has 0 aromatic heterocycles. The molecule has 0 aliphatic heterocycles. The zero-order chi connectivity index (χ0) is 20.1. The maximum atomic E-state index is 12.6. The van der Waals surface area contributed by atoms with Crippen LogP contribution >= 0.6 is 23.2 Å². The highest BCUT2D eigenvalue weighted by Gasteiger charge is 2.19. The maximum absolute atomic E-state index is 12.6. The van der Waals surface area contributed by atoms with E-state index in [0.717, 1.165) is 16.8 Å². The Morgan fingerprint density at radius 2 is 1.67 bits per heavy atom. The van der Waals surface area contributed by atoms with Crippen LogP contribution in [0.25, 0.3) is 0 Å². The van der Waals surface area contributed by atoms with Crippen molar-refractivity contribution in [3.63, 3.8) is 0 Å². The van der Waals surface area contributed by atoms with Crippen molar-refractivity contribution in [3.8, 4) is 11.5 Å². The van der Waals surface area contributed by atoms with Crippen LogP contribution in [-0.4, -0.2) is 26.2 Å². The topological polar surface area (TPSA) is 59.6 Å². The van der Waals surface area contributed by atoms with E-state index in [9.17, 15) is 4.79 Å². The molecule has 0 saturated heterocycles. The second kappa shape index (κ2) is 9.20. The Kier molecular flexibility index (Phi) is 7.22. The number of rotatable bonds is 7. The van der Waals surface area contributed by atoms with Crippen LogP contribution in [0.1, 0.15) is 31.0 Å². The Morgan fingerprint density at radius 1 is 1.04 bits per heavy atom. The number of amides is 1. The minimum Gasteiger partial charge on any atom is -0.493 e. The molecule has 0 heterocycles. The van der Waals surface area contributed by atoms with Crippen LogP contribution < -0.4 is 20.1 Å². The molecule has 1 amide bonds. The van der Waals surface area contributed by atoms with Gasteiger partial charge in [-0.2, -0.15) is 0 Å². The van der Waals surface area contributed by atoms with E-state index in [-0.39, 0.29) is 11.9 Å². The molecular weight excluding hydrogens is 387 g/mol. The summed E-state index contributed by atoms with van der Waals surface area (Å²) in [6, 6.07) is 8.19. The van der Waals surface area contributed by atoms with Crippen molar-refractivity contribution < 1.29 is 14.3 Å². The van der Waals surface area contributed by atoms with Crippen molar-refractivity contribution >= 4 is 34.8 Å². The first kappa shape index (κ1) is 21.2. The van der Waals surface area contributed by atoms with Gasteiger partial charge in [0.2, 0.25) is 5.91 Å². The number of hydrogen-bond donors (Lipinski definition) is 2. The molecule has 0 fully saturated rings. The number of benzene rings is 2. The molecule has 27 heavy (non-hydrogen) atoms. The fraction of sp³-hybridized carbons (Fsp3) is 0.350. The van der Waals surface area contributed by atoms with E-state index < -0.39 is 6.04 Å². The SMILES string of the molecule is COc1cc(C)c(N[C@@H](C)C(=O)N[C@@H](C)c2ccc(Cl)cc2Cl)cc1OC. The Balaban J connectivity index is 2.09. The van der Waals surface area contributed by atoms with Gasteiger partial charge in [0.05, 0.1) is 20.3 Å². The highest BCUT2D eigenvalue weighted by Crippen LogP contribution is 2.33. The van der Waals surface area contributed by atoms with Crippen LogP contribution in [0.15, 0.2) is 30.3 Å². The maximum Gasteiger partial charge on any atom is 0.242 e. The van der Waals surface area contributed by atoms with Gasteiger partial charge in [0.15, 0.2) is 11.5 Å². The number of carbonyl (C=O) groups is 1. The summed E-state index contributed by atoms with van der Waals surface area (Å²) in [7, 11) is 3.16. The number of ether oxygens (including phenoxy) is 2. The van der Waals surface area contributed by atoms with E-state index in [0.29, 0.717) is 21.5 Å². The van der Waals surface area contributed by atoms with Gasteiger partial charge in [0.25, 0.3) is 0 Å². The van der Waals surface area contributed by atoms with Crippen molar-refractivity contribution in [2.24, 2.45) is 0 Å². The Labute approximate surface area is 170 Å². The van der Waals surface area contributed by atoms with Gasteiger partial charge in [-0.3, -0.25) is 4.79 Å². The number of anilines is 1. The molecule has 2 rings (SSSR count). The predicted molar refractivity (Wildman–Crippen MR) is 110 cm³/mol. The zero-order valence-electron chi connectivity index (χ0n) is 16.0. The molecule has 2 N–H and O–H groups in total. The molecular formula is C20H24Cl2N2O3. The van der Waals surface area contributed by atoms with Crippen molar-refractivity contribution in [2.45, 2.75) is 32.9 Å². The summed E-state index contributed by atoms with van der Waals surface area (Å²) in [4.78, 5) is 12.6. The summed E-state index contributed by atoms with van der Waals surface area (Å²) < 4.78 is 10.6. The Morgan fingerprint density at radius 3 is 2.26 bits per heavy atom. The molecule has 0 spiro atoms. The minimum atomic E-state index is -0.463. The largest absolute Gasteiger partial charge is 0.493 e. The highest BCUT2D eigenvalue weighted by atomic mass is 35.5. The van der Waals surface area contributed by atoms with Crippen LogP contribution in [0.5, 0.6) is 11.5 Å². The van der Waals surface area contributed by atoms with Crippen molar-refractivity contribution in [3.05, 3.63) is 51.5 Å².